The van der Waals surface area contributed by atoms with Crippen molar-refractivity contribution in [1.29, 1.82) is 0 Å². The van der Waals surface area contributed by atoms with E-state index in [0.29, 0.717) is 0 Å². The molecule has 0 aliphatic carbocycles. The van der Waals surface area contributed by atoms with E-state index in [-0.39, 0.29) is 29.5 Å². The van der Waals surface area contributed by atoms with Crippen LogP contribution in [0.25, 0.3) is 44.4 Å². The summed E-state index contributed by atoms with van der Waals surface area (Å²) in [5.74, 6) is 0. The Bertz CT molecular complexity index is 1450. The second-order valence-corrected chi connectivity index (χ2v) is 10.9. The molecular weight excluding hydrogens is 580 g/mol. The van der Waals surface area contributed by atoms with Crippen molar-refractivity contribution in [2.45, 2.75) is 107 Å². The monoisotopic (exact) mass is 626 g/mol. The number of hydrogen-bond donors (Lipinski definition) is 2. The van der Waals surface area contributed by atoms with Crippen molar-refractivity contribution >= 4 is 56.8 Å². The van der Waals surface area contributed by atoms with Crippen LogP contribution in [0.1, 0.15) is 126 Å². The van der Waals surface area contributed by atoms with Crippen molar-refractivity contribution in [3.05, 3.63) is 69.3 Å². The summed E-state index contributed by atoms with van der Waals surface area (Å²) in [4.78, 5) is 18.2. The molecule has 3 aromatic heterocycles. The number of nitrogens with one attached hydrogen (secondary N) is 2. The largest absolute Gasteiger partial charge is 0.355 e. The maximum absolute atomic E-state index is 5.29. The SMILES string of the molecule is CCC1=C(CC)c2cc3[nH]c(cc4nc(cc5[nH]c(cc1n2)c(CC)c5CC)C(CC)=C4CC)c(CC)c3CC.Cl.[Fe]. The van der Waals surface area contributed by atoms with Gasteiger partial charge in [0.2, 0.25) is 0 Å². The maximum atomic E-state index is 5.29. The molecule has 2 aliphatic heterocycles. The Balaban J connectivity index is 0.00000242. The molecular formula is C36H47ClFeN4. The molecule has 6 heteroatoms. The number of halogens is 1. The molecule has 0 amide bonds. The van der Waals surface area contributed by atoms with Crippen LogP contribution in [0.5, 0.6) is 0 Å². The predicted molar refractivity (Wildman–Crippen MR) is 181 cm³/mol. The smallest absolute Gasteiger partial charge is 0.0693 e. The minimum Gasteiger partial charge on any atom is -0.355 e. The number of aromatic amines is 2. The van der Waals surface area contributed by atoms with Crippen molar-refractivity contribution in [3.63, 3.8) is 0 Å². The number of allylic oxidation sites excluding steroid dienone is 4. The number of rotatable bonds is 8. The molecule has 0 saturated heterocycles. The Morgan fingerprint density at radius 1 is 0.405 bits per heavy atom. The fraction of sp³-hybridized carbons (Fsp3) is 0.444. The quantitative estimate of drug-likeness (QED) is 0.244. The van der Waals surface area contributed by atoms with E-state index in [0.717, 1.165) is 74.1 Å². The normalized spacial score (nSPS) is 13.0. The average Bonchev–Trinajstić information content (AvgIpc) is 3.67. The maximum Gasteiger partial charge on any atom is 0.0693 e. The van der Waals surface area contributed by atoms with E-state index < -0.39 is 0 Å². The van der Waals surface area contributed by atoms with Crippen LogP contribution in [0.2, 0.25) is 0 Å². The van der Waals surface area contributed by atoms with Gasteiger partial charge in [-0.25, -0.2) is 9.97 Å². The molecule has 0 fully saturated rings. The molecule has 0 aromatic carbocycles. The van der Waals surface area contributed by atoms with Gasteiger partial charge in [0.05, 0.1) is 22.8 Å². The first kappa shape index (κ1) is 33.9. The standard InChI is InChI=1S/C36H46N4.ClH.Fe/c1-9-21-22(10-2)30-18-32-25(13-5)26(14-6)34(39-32)20-36-28(16-8)27(15-7)35(40-36)19-33-24(12-4)23(11-3)31(38-33)17-29(21)37-30;;/h17-20,37,40H,9-16H2,1-8H3;1H;. The summed E-state index contributed by atoms with van der Waals surface area (Å²) >= 11 is 0. The van der Waals surface area contributed by atoms with Gasteiger partial charge in [0, 0.05) is 39.1 Å². The third kappa shape index (κ3) is 5.68. The summed E-state index contributed by atoms with van der Waals surface area (Å²) in [7, 11) is 0. The van der Waals surface area contributed by atoms with Gasteiger partial charge in [-0.3, -0.25) is 0 Å². The van der Waals surface area contributed by atoms with Crippen molar-refractivity contribution in [2.75, 3.05) is 0 Å². The zero-order valence-electron chi connectivity index (χ0n) is 26.6. The fourth-order valence-corrected chi connectivity index (χ4v) is 7.10. The first-order valence-electron chi connectivity index (χ1n) is 15.7. The molecule has 226 valence electrons. The third-order valence-corrected chi connectivity index (χ3v) is 8.97. The van der Waals surface area contributed by atoms with Crippen molar-refractivity contribution < 1.29 is 17.1 Å². The third-order valence-electron chi connectivity index (χ3n) is 8.97. The van der Waals surface area contributed by atoms with Gasteiger partial charge >= 0.3 is 0 Å². The van der Waals surface area contributed by atoms with Crippen LogP contribution >= 0.6 is 12.4 Å². The summed E-state index contributed by atoms with van der Waals surface area (Å²) in [5, 5.41) is 0. The Hall–Kier alpha value is -2.59. The number of nitrogens with zero attached hydrogens (tertiary/aromatic N) is 2. The second kappa shape index (κ2) is 14.3. The van der Waals surface area contributed by atoms with Gasteiger partial charge in [-0.2, -0.15) is 0 Å². The molecule has 0 unspecified atom stereocenters. The van der Waals surface area contributed by atoms with E-state index in [1.165, 1.54) is 66.6 Å². The molecule has 5 rings (SSSR count). The fourth-order valence-electron chi connectivity index (χ4n) is 7.10. The molecule has 3 aromatic rings. The van der Waals surface area contributed by atoms with Crippen LogP contribution in [-0.4, -0.2) is 19.9 Å². The molecule has 42 heavy (non-hydrogen) atoms. The van der Waals surface area contributed by atoms with Gasteiger partial charge < -0.3 is 9.97 Å². The number of fused-ring (bicyclic) bond motifs is 8. The van der Waals surface area contributed by atoms with Crippen LogP contribution in [0.4, 0.5) is 0 Å². The molecule has 5 heterocycles. The van der Waals surface area contributed by atoms with Gasteiger partial charge in [-0.15, -0.1) is 12.4 Å². The average molecular weight is 627 g/mol. The molecule has 0 saturated carbocycles. The molecule has 0 radical (unpaired) electrons. The van der Waals surface area contributed by atoms with Crippen LogP contribution < -0.4 is 0 Å². The van der Waals surface area contributed by atoms with Crippen molar-refractivity contribution in [1.82, 2.24) is 19.9 Å². The van der Waals surface area contributed by atoms with Crippen LogP contribution in [0.15, 0.2) is 24.3 Å². The topological polar surface area (TPSA) is 57.4 Å². The Morgan fingerprint density at radius 3 is 0.786 bits per heavy atom. The minimum absolute atomic E-state index is 0. The van der Waals surface area contributed by atoms with E-state index in [1.807, 2.05) is 0 Å². The number of aromatic nitrogens is 4. The summed E-state index contributed by atoms with van der Waals surface area (Å²) in [6, 6.07) is 9.24. The number of aryl methyl sites for hydroxylation is 4. The summed E-state index contributed by atoms with van der Waals surface area (Å²) in [6.45, 7) is 18.1. The second-order valence-electron chi connectivity index (χ2n) is 10.9. The van der Waals surface area contributed by atoms with Crippen molar-refractivity contribution in [3.8, 4) is 0 Å². The zero-order valence-corrected chi connectivity index (χ0v) is 28.5. The van der Waals surface area contributed by atoms with E-state index in [1.54, 1.807) is 0 Å². The predicted octanol–water partition coefficient (Wildman–Crippen LogP) is 10.4. The van der Waals surface area contributed by atoms with Crippen molar-refractivity contribution in [2.24, 2.45) is 0 Å². The summed E-state index contributed by atoms with van der Waals surface area (Å²) in [5.41, 5.74) is 20.2. The molecule has 0 spiro atoms. The number of H-pyrrole nitrogens is 2. The zero-order chi connectivity index (χ0) is 28.6. The van der Waals surface area contributed by atoms with Gasteiger partial charge in [0.1, 0.15) is 0 Å². The summed E-state index contributed by atoms with van der Waals surface area (Å²) in [6.07, 6.45) is 7.84. The van der Waals surface area contributed by atoms with Crippen LogP contribution in [0, 0.1) is 0 Å². The van der Waals surface area contributed by atoms with Gasteiger partial charge in [-0.1, -0.05) is 55.4 Å². The molecule has 0 atom stereocenters. The number of hydrogen-bond acceptors (Lipinski definition) is 2. The Labute approximate surface area is 268 Å². The van der Waals surface area contributed by atoms with E-state index in [4.69, 9.17) is 9.97 Å². The minimum atomic E-state index is 0. The summed E-state index contributed by atoms with van der Waals surface area (Å²) < 4.78 is 0. The molecule has 2 aliphatic rings. The molecule has 4 nitrogen and oxygen atoms in total. The van der Waals surface area contributed by atoms with E-state index in [9.17, 15) is 0 Å². The van der Waals surface area contributed by atoms with E-state index in [2.05, 4.69) is 89.6 Å². The Kier molecular flexibility index (Phi) is 11.5. The van der Waals surface area contributed by atoms with Gasteiger partial charge in [0.15, 0.2) is 0 Å². The van der Waals surface area contributed by atoms with E-state index >= 15 is 0 Å². The molecule has 2 N–H and O–H groups in total. The van der Waals surface area contributed by atoms with Gasteiger partial charge in [-0.05, 0) is 120 Å². The first-order chi connectivity index (χ1) is 19.5. The molecule has 8 bridgehead atoms. The Morgan fingerprint density at radius 2 is 0.619 bits per heavy atom. The van der Waals surface area contributed by atoms with Crippen LogP contribution in [-0.2, 0) is 42.8 Å². The van der Waals surface area contributed by atoms with Crippen LogP contribution in [0.3, 0.4) is 0 Å². The first-order valence-corrected chi connectivity index (χ1v) is 15.7. The van der Waals surface area contributed by atoms with Gasteiger partial charge in [0.25, 0.3) is 0 Å².